The fourth-order valence-electron chi connectivity index (χ4n) is 2.18. The van der Waals surface area contributed by atoms with Gasteiger partial charge in [-0.05, 0) is 26.7 Å². The molecule has 1 fully saturated rings. The van der Waals surface area contributed by atoms with E-state index in [9.17, 15) is 9.59 Å². The number of amides is 2. The molecule has 0 aliphatic carbocycles. The number of piperidine rings is 1. The van der Waals surface area contributed by atoms with Crippen molar-refractivity contribution in [1.29, 1.82) is 0 Å². The number of rotatable bonds is 3. The van der Waals surface area contributed by atoms with E-state index >= 15 is 0 Å². The van der Waals surface area contributed by atoms with E-state index in [0.29, 0.717) is 32.5 Å². The van der Waals surface area contributed by atoms with Crippen LogP contribution in [0.3, 0.4) is 0 Å². The van der Waals surface area contributed by atoms with Crippen LogP contribution < -0.4 is 5.32 Å². The number of carbonyl (C=O) groups is 2. The second-order valence-corrected chi connectivity index (χ2v) is 6.68. The number of urea groups is 1. The largest absolute Gasteiger partial charge is 0.481 e. The van der Waals surface area contributed by atoms with Gasteiger partial charge in [-0.15, -0.1) is 11.3 Å². The first-order valence-corrected chi connectivity index (χ1v) is 7.40. The van der Waals surface area contributed by atoms with Crippen LogP contribution in [0, 0.1) is 12.3 Å². The highest BCUT2D eigenvalue weighted by Crippen LogP contribution is 2.30. The Morgan fingerprint density at radius 2 is 2.15 bits per heavy atom. The maximum absolute atomic E-state index is 12.0. The summed E-state index contributed by atoms with van der Waals surface area (Å²) in [5, 5.41) is 13.0. The van der Waals surface area contributed by atoms with Crippen molar-refractivity contribution in [2.75, 3.05) is 13.1 Å². The lowest BCUT2D eigenvalue weighted by molar-refractivity contribution is -0.150. The minimum absolute atomic E-state index is 0.136. The van der Waals surface area contributed by atoms with Gasteiger partial charge in [-0.2, -0.15) is 0 Å². The van der Waals surface area contributed by atoms with Crippen molar-refractivity contribution < 1.29 is 14.7 Å². The van der Waals surface area contributed by atoms with Crippen molar-refractivity contribution in [2.24, 2.45) is 5.41 Å². The predicted octanol–water partition coefficient (Wildman–Crippen LogP) is 1.85. The highest BCUT2D eigenvalue weighted by atomic mass is 32.1. The average molecular weight is 297 g/mol. The van der Waals surface area contributed by atoms with Crippen LogP contribution >= 0.6 is 11.3 Å². The first-order chi connectivity index (χ1) is 9.40. The molecular formula is C13H19N3O3S. The second kappa shape index (κ2) is 5.78. The molecule has 2 heterocycles. The van der Waals surface area contributed by atoms with Gasteiger partial charge in [0.05, 0.1) is 17.0 Å². The molecule has 0 spiro atoms. The Bertz CT molecular complexity index is 507. The molecule has 0 radical (unpaired) electrons. The lowest BCUT2D eigenvalue weighted by Crippen LogP contribution is -2.48. The summed E-state index contributed by atoms with van der Waals surface area (Å²) in [6, 6.07) is -0.136. The second-order valence-electron chi connectivity index (χ2n) is 5.36. The maximum atomic E-state index is 12.0. The van der Waals surface area contributed by atoms with Crippen LogP contribution in [0.15, 0.2) is 6.20 Å². The molecule has 110 valence electrons. The number of carbonyl (C=O) groups excluding carboxylic acids is 1. The smallest absolute Gasteiger partial charge is 0.317 e. The number of carboxylic acids is 1. The van der Waals surface area contributed by atoms with Gasteiger partial charge in [-0.3, -0.25) is 4.79 Å². The summed E-state index contributed by atoms with van der Waals surface area (Å²) in [4.78, 5) is 30.0. The number of carboxylic acid groups (broad SMARTS) is 1. The third-order valence-electron chi connectivity index (χ3n) is 3.75. The third kappa shape index (κ3) is 3.27. The van der Waals surface area contributed by atoms with Crippen LogP contribution in [0.2, 0.25) is 0 Å². The lowest BCUT2D eigenvalue weighted by Gasteiger charge is -2.36. The quantitative estimate of drug-likeness (QED) is 0.892. The molecule has 1 aliphatic heterocycles. The molecule has 0 atom stereocenters. The third-order valence-corrected chi connectivity index (χ3v) is 4.67. The molecule has 0 aromatic carbocycles. The number of hydrogen-bond donors (Lipinski definition) is 2. The molecule has 0 saturated carbocycles. The molecule has 2 amide bonds. The first-order valence-electron chi connectivity index (χ1n) is 6.58. The minimum Gasteiger partial charge on any atom is -0.481 e. The summed E-state index contributed by atoms with van der Waals surface area (Å²) in [6.07, 6.45) is 2.75. The van der Waals surface area contributed by atoms with Crippen LogP contribution in [-0.4, -0.2) is 40.1 Å². The van der Waals surface area contributed by atoms with E-state index in [1.807, 2.05) is 6.92 Å². The van der Waals surface area contributed by atoms with E-state index in [0.717, 1.165) is 9.88 Å². The van der Waals surface area contributed by atoms with Crippen molar-refractivity contribution in [3.8, 4) is 0 Å². The molecule has 7 heteroatoms. The van der Waals surface area contributed by atoms with E-state index in [-0.39, 0.29) is 6.03 Å². The average Bonchev–Trinajstić information content (AvgIpc) is 2.82. The van der Waals surface area contributed by atoms with Crippen molar-refractivity contribution in [3.05, 3.63) is 16.1 Å². The molecule has 20 heavy (non-hydrogen) atoms. The van der Waals surface area contributed by atoms with E-state index in [4.69, 9.17) is 5.11 Å². The van der Waals surface area contributed by atoms with Crippen LogP contribution in [0.1, 0.15) is 29.7 Å². The van der Waals surface area contributed by atoms with Crippen LogP contribution in [0.4, 0.5) is 4.79 Å². The van der Waals surface area contributed by atoms with E-state index in [1.54, 1.807) is 29.4 Å². The summed E-state index contributed by atoms with van der Waals surface area (Å²) in [5.74, 6) is -0.780. The van der Waals surface area contributed by atoms with Gasteiger partial charge < -0.3 is 15.3 Å². The Kier molecular flexibility index (Phi) is 4.27. The molecule has 0 unspecified atom stereocenters. The summed E-state index contributed by atoms with van der Waals surface area (Å²) in [5.41, 5.74) is -0.703. The number of nitrogens with zero attached hydrogens (tertiary/aromatic N) is 2. The highest BCUT2D eigenvalue weighted by molar-refractivity contribution is 7.11. The van der Waals surface area contributed by atoms with Crippen molar-refractivity contribution in [3.63, 3.8) is 0 Å². The SMILES string of the molecule is Cc1ncc(CNC(=O)N2CCC(C)(C(=O)O)CC2)s1. The Morgan fingerprint density at radius 1 is 1.50 bits per heavy atom. The van der Waals surface area contributed by atoms with Gasteiger partial charge >= 0.3 is 12.0 Å². The molecule has 2 rings (SSSR count). The standard InChI is InChI=1S/C13H19N3O3S/c1-9-14-7-10(20-9)8-15-12(19)16-5-3-13(2,4-6-16)11(17)18/h7H,3-6,8H2,1-2H3,(H,15,19)(H,17,18). The number of hydrogen-bond acceptors (Lipinski definition) is 4. The number of nitrogens with one attached hydrogen (secondary N) is 1. The number of aromatic nitrogens is 1. The lowest BCUT2D eigenvalue weighted by atomic mass is 9.80. The zero-order valence-electron chi connectivity index (χ0n) is 11.7. The molecule has 1 aromatic heterocycles. The van der Waals surface area contributed by atoms with Crippen molar-refractivity contribution in [1.82, 2.24) is 15.2 Å². The van der Waals surface area contributed by atoms with E-state index in [2.05, 4.69) is 10.3 Å². The van der Waals surface area contributed by atoms with Gasteiger partial charge in [0.2, 0.25) is 0 Å². The number of likely N-dealkylation sites (tertiary alicyclic amines) is 1. The fraction of sp³-hybridized carbons (Fsp3) is 0.615. The molecular weight excluding hydrogens is 278 g/mol. The maximum Gasteiger partial charge on any atom is 0.317 e. The number of aliphatic carboxylic acids is 1. The summed E-state index contributed by atoms with van der Waals surface area (Å²) >= 11 is 1.56. The van der Waals surface area contributed by atoms with E-state index in [1.165, 1.54) is 0 Å². The van der Waals surface area contributed by atoms with Crippen LogP contribution in [0.5, 0.6) is 0 Å². The summed E-state index contributed by atoms with van der Waals surface area (Å²) < 4.78 is 0. The zero-order chi connectivity index (χ0) is 14.8. The molecule has 0 bridgehead atoms. The van der Waals surface area contributed by atoms with Gasteiger partial charge in [0.1, 0.15) is 0 Å². The van der Waals surface area contributed by atoms with Crippen molar-refractivity contribution >= 4 is 23.3 Å². The van der Waals surface area contributed by atoms with Gasteiger partial charge in [0, 0.05) is 24.2 Å². The Morgan fingerprint density at radius 3 is 2.65 bits per heavy atom. The monoisotopic (exact) mass is 297 g/mol. The van der Waals surface area contributed by atoms with Crippen LogP contribution in [-0.2, 0) is 11.3 Å². The Hall–Kier alpha value is -1.63. The predicted molar refractivity (Wildman–Crippen MR) is 75.6 cm³/mol. The van der Waals surface area contributed by atoms with Gasteiger partial charge in [-0.25, -0.2) is 9.78 Å². The Labute approximate surface area is 121 Å². The first kappa shape index (κ1) is 14.8. The molecule has 1 aliphatic rings. The fourth-order valence-corrected chi connectivity index (χ4v) is 2.91. The van der Waals surface area contributed by atoms with Gasteiger partial charge in [-0.1, -0.05) is 0 Å². The molecule has 1 aromatic rings. The zero-order valence-corrected chi connectivity index (χ0v) is 12.5. The molecule has 1 saturated heterocycles. The molecule has 2 N–H and O–H groups in total. The Balaban J connectivity index is 1.81. The summed E-state index contributed by atoms with van der Waals surface area (Å²) in [6.45, 7) is 5.10. The topological polar surface area (TPSA) is 82.5 Å². The highest BCUT2D eigenvalue weighted by Gasteiger charge is 2.37. The van der Waals surface area contributed by atoms with Crippen molar-refractivity contribution in [2.45, 2.75) is 33.2 Å². The van der Waals surface area contributed by atoms with Crippen LogP contribution in [0.25, 0.3) is 0 Å². The number of thiazole rings is 1. The summed E-state index contributed by atoms with van der Waals surface area (Å²) in [7, 11) is 0. The molecule has 6 nitrogen and oxygen atoms in total. The normalized spacial score (nSPS) is 17.8. The van der Waals surface area contributed by atoms with E-state index < -0.39 is 11.4 Å². The van der Waals surface area contributed by atoms with Gasteiger partial charge in [0.15, 0.2) is 0 Å². The minimum atomic E-state index is -0.780. The van der Waals surface area contributed by atoms with Gasteiger partial charge in [0.25, 0.3) is 0 Å². The number of aryl methyl sites for hydroxylation is 1.